The van der Waals surface area contributed by atoms with E-state index < -0.39 is 0 Å². The fourth-order valence-electron chi connectivity index (χ4n) is 2.05. The maximum atomic E-state index is 5.93. The van der Waals surface area contributed by atoms with Crippen LogP contribution in [0.3, 0.4) is 0 Å². The lowest BCUT2D eigenvalue weighted by Gasteiger charge is -2.21. The topological polar surface area (TPSA) is 38.5 Å². The average molecular weight is 335 g/mol. The monoisotopic (exact) mass is 334 g/mol. The Morgan fingerprint density at radius 3 is 2.20 bits per heavy atom. The molecule has 3 nitrogen and oxygen atoms in total. The molecule has 0 bridgehead atoms. The predicted octanol–water partition coefficient (Wildman–Crippen LogP) is 4.25. The zero-order valence-corrected chi connectivity index (χ0v) is 13.5. The molecule has 2 N–H and O–H groups in total. The Bertz CT molecular complexity index is 582. The molecule has 0 aliphatic heterocycles. The fraction of sp³-hybridized carbons (Fsp3) is 0.250. The van der Waals surface area contributed by atoms with E-state index in [0.29, 0.717) is 0 Å². The molecule has 2 aromatic carbocycles. The molecule has 2 rings (SSSR count). The van der Waals surface area contributed by atoms with Crippen LogP contribution >= 0.6 is 15.9 Å². The predicted molar refractivity (Wildman–Crippen MR) is 87.8 cm³/mol. The van der Waals surface area contributed by atoms with Gasteiger partial charge < -0.3 is 15.4 Å². The van der Waals surface area contributed by atoms with Crippen LogP contribution in [0.5, 0.6) is 5.75 Å². The number of ether oxygens (including phenoxy) is 1. The van der Waals surface area contributed by atoms with Gasteiger partial charge >= 0.3 is 0 Å². The van der Waals surface area contributed by atoms with Gasteiger partial charge in [0.25, 0.3) is 0 Å². The smallest absolute Gasteiger partial charge is 0.119 e. The molecule has 0 aromatic heterocycles. The van der Waals surface area contributed by atoms with E-state index in [-0.39, 0.29) is 6.04 Å². The summed E-state index contributed by atoms with van der Waals surface area (Å²) in [5.41, 5.74) is 9.24. The molecular weight excluding hydrogens is 316 g/mol. The molecule has 1 atom stereocenters. The van der Waals surface area contributed by atoms with E-state index in [2.05, 4.69) is 39.0 Å². The fourth-order valence-corrected chi connectivity index (χ4v) is 2.78. The molecule has 0 aliphatic rings. The van der Waals surface area contributed by atoms with Crippen LogP contribution in [0.4, 0.5) is 11.4 Å². The number of rotatable bonds is 4. The summed E-state index contributed by atoms with van der Waals surface area (Å²) in [6.07, 6.45) is 0. The highest BCUT2D eigenvalue weighted by molar-refractivity contribution is 9.10. The summed E-state index contributed by atoms with van der Waals surface area (Å²) >= 11 is 3.58. The van der Waals surface area contributed by atoms with Crippen molar-refractivity contribution in [3.8, 4) is 5.75 Å². The van der Waals surface area contributed by atoms with Crippen molar-refractivity contribution >= 4 is 27.3 Å². The summed E-state index contributed by atoms with van der Waals surface area (Å²) in [5, 5.41) is 0. The van der Waals surface area contributed by atoms with Gasteiger partial charge in [0.2, 0.25) is 0 Å². The van der Waals surface area contributed by atoms with Gasteiger partial charge in [-0.05, 0) is 48.9 Å². The van der Waals surface area contributed by atoms with Crippen molar-refractivity contribution in [3.05, 3.63) is 52.5 Å². The first-order valence-corrected chi connectivity index (χ1v) is 7.25. The molecule has 0 saturated carbocycles. The number of nitrogens with zero attached hydrogens (tertiary/aromatic N) is 1. The van der Waals surface area contributed by atoms with E-state index in [9.17, 15) is 0 Å². The van der Waals surface area contributed by atoms with Gasteiger partial charge in [0.1, 0.15) is 5.75 Å². The quantitative estimate of drug-likeness (QED) is 0.908. The van der Waals surface area contributed by atoms with Gasteiger partial charge in [-0.1, -0.05) is 22.0 Å². The van der Waals surface area contributed by atoms with Gasteiger partial charge in [-0.3, -0.25) is 0 Å². The molecule has 0 aliphatic carbocycles. The van der Waals surface area contributed by atoms with Gasteiger partial charge in [-0.2, -0.15) is 0 Å². The van der Waals surface area contributed by atoms with Crippen molar-refractivity contribution < 1.29 is 4.74 Å². The highest BCUT2D eigenvalue weighted by atomic mass is 79.9. The van der Waals surface area contributed by atoms with Crippen molar-refractivity contribution in [3.63, 3.8) is 0 Å². The van der Waals surface area contributed by atoms with Gasteiger partial charge in [0.05, 0.1) is 7.11 Å². The molecule has 1 unspecified atom stereocenters. The van der Waals surface area contributed by atoms with Crippen LogP contribution in [0.15, 0.2) is 46.9 Å². The van der Waals surface area contributed by atoms with E-state index >= 15 is 0 Å². The third-order valence-corrected chi connectivity index (χ3v) is 4.01. The second-order valence-electron chi connectivity index (χ2n) is 4.75. The summed E-state index contributed by atoms with van der Waals surface area (Å²) in [4.78, 5) is 2.12. The molecule has 0 spiro atoms. The van der Waals surface area contributed by atoms with E-state index in [4.69, 9.17) is 10.5 Å². The van der Waals surface area contributed by atoms with Crippen molar-refractivity contribution in [1.82, 2.24) is 0 Å². The SMILES string of the molecule is COc1ccc(N(C)c2ccc(C(C)N)c(Br)c2)cc1. The Labute approximate surface area is 128 Å². The number of hydrogen-bond acceptors (Lipinski definition) is 3. The van der Waals surface area contributed by atoms with Gasteiger partial charge in [0, 0.05) is 28.9 Å². The van der Waals surface area contributed by atoms with Crippen LogP contribution in [-0.4, -0.2) is 14.2 Å². The Balaban J connectivity index is 2.28. The molecule has 0 radical (unpaired) electrons. The highest BCUT2D eigenvalue weighted by Crippen LogP contribution is 2.31. The zero-order valence-electron chi connectivity index (χ0n) is 11.9. The molecule has 0 saturated heterocycles. The Kier molecular flexibility index (Phi) is 4.68. The molecule has 2 aromatic rings. The van der Waals surface area contributed by atoms with Crippen LogP contribution in [-0.2, 0) is 0 Å². The number of benzene rings is 2. The summed E-state index contributed by atoms with van der Waals surface area (Å²) in [7, 11) is 3.71. The number of anilines is 2. The number of halogens is 1. The van der Waals surface area contributed by atoms with Crippen molar-refractivity contribution in [2.45, 2.75) is 13.0 Å². The number of nitrogens with two attached hydrogens (primary N) is 1. The minimum atomic E-state index is 0.0183. The van der Waals surface area contributed by atoms with E-state index in [1.54, 1.807) is 7.11 Å². The second kappa shape index (κ2) is 6.29. The van der Waals surface area contributed by atoms with Gasteiger partial charge in [0.15, 0.2) is 0 Å². The Hall–Kier alpha value is -1.52. The summed E-state index contributed by atoms with van der Waals surface area (Å²) in [5.74, 6) is 0.857. The van der Waals surface area contributed by atoms with E-state index in [1.165, 1.54) is 0 Å². The zero-order chi connectivity index (χ0) is 14.7. The molecule has 4 heteroatoms. The largest absolute Gasteiger partial charge is 0.497 e. The number of hydrogen-bond donors (Lipinski definition) is 1. The molecule has 106 valence electrons. The first-order valence-electron chi connectivity index (χ1n) is 6.45. The van der Waals surface area contributed by atoms with Crippen LogP contribution in [0, 0.1) is 0 Å². The third kappa shape index (κ3) is 3.14. The normalized spacial score (nSPS) is 12.1. The molecule has 0 heterocycles. The second-order valence-corrected chi connectivity index (χ2v) is 5.61. The maximum absolute atomic E-state index is 5.93. The van der Waals surface area contributed by atoms with Crippen LogP contribution in [0.25, 0.3) is 0 Å². The van der Waals surface area contributed by atoms with Crippen molar-refractivity contribution in [2.24, 2.45) is 5.73 Å². The highest BCUT2D eigenvalue weighted by Gasteiger charge is 2.09. The Morgan fingerprint density at radius 2 is 1.70 bits per heavy atom. The van der Waals surface area contributed by atoms with E-state index in [1.807, 2.05) is 38.2 Å². The summed E-state index contributed by atoms with van der Waals surface area (Å²) < 4.78 is 6.21. The van der Waals surface area contributed by atoms with Gasteiger partial charge in [-0.15, -0.1) is 0 Å². The van der Waals surface area contributed by atoms with Gasteiger partial charge in [-0.25, -0.2) is 0 Å². The first kappa shape index (κ1) is 14.9. The molecule has 0 amide bonds. The summed E-state index contributed by atoms with van der Waals surface area (Å²) in [6, 6.07) is 14.2. The third-order valence-electron chi connectivity index (χ3n) is 3.32. The lowest BCUT2D eigenvalue weighted by molar-refractivity contribution is 0.415. The van der Waals surface area contributed by atoms with Crippen LogP contribution in [0.2, 0.25) is 0 Å². The first-order chi connectivity index (χ1) is 9.52. The lowest BCUT2D eigenvalue weighted by atomic mass is 10.1. The average Bonchev–Trinajstić information content (AvgIpc) is 2.46. The standard InChI is InChI=1S/C16H19BrN2O/c1-11(18)15-9-6-13(10-16(15)17)19(2)12-4-7-14(20-3)8-5-12/h4-11H,18H2,1-3H3. The van der Waals surface area contributed by atoms with Crippen LogP contribution in [0.1, 0.15) is 18.5 Å². The minimum Gasteiger partial charge on any atom is -0.497 e. The molecule has 0 fully saturated rings. The molecular formula is C16H19BrN2O. The van der Waals surface area contributed by atoms with E-state index in [0.717, 1.165) is 27.2 Å². The van der Waals surface area contributed by atoms with Crippen molar-refractivity contribution in [2.75, 3.05) is 19.1 Å². The van der Waals surface area contributed by atoms with Crippen LogP contribution < -0.4 is 15.4 Å². The Morgan fingerprint density at radius 1 is 1.10 bits per heavy atom. The maximum Gasteiger partial charge on any atom is 0.119 e. The lowest BCUT2D eigenvalue weighted by Crippen LogP contribution is -2.11. The minimum absolute atomic E-state index is 0.0183. The van der Waals surface area contributed by atoms with Crippen molar-refractivity contribution in [1.29, 1.82) is 0 Å². The summed E-state index contributed by atoms with van der Waals surface area (Å²) in [6.45, 7) is 1.98. The molecule has 20 heavy (non-hydrogen) atoms. The number of methoxy groups -OCH3 is 1.